The van der Waals surface area contributed by atoms with E-state index in [4.69, 9.17) is 0 Å². The van der Waals surface area contributed by atoms with E-state index in [9.17, 15) is 22.0 Å². The van der Waals surface area contributed by atoms with Crippen LogP contribution in [0.1, 0.15) is 5.56 Å². The quantitative estimate of drug-likeness (QED) is 0.653. The molecule has 0 atom stereocenters. The van der Waals surface area contributed by atoms with Gasteiger partial charge in [0.2, 0.25) is 0 Å². The highest BCUT2D eigenvalue weighted by Gasteiger charge is 2.31. The van der Waals surface area contributed by atoms with Crippen LogP contribution in [0.2, 0.25) is 0 Å². The van der Waals surface area contributed by atoms with Gasteiger partial charge in [0.05, 0.1) is 5.56 Å². The second-order valence-electron chi connectivity index (χ2n) is 3.70. The molecular formula is C13H7F5. The first-order chi connectivity index (χ1) is 8.38. The van der Waals surface area contributed by atoms with Gasteiger partial charge in [0.15, 0.2) is 0 Å². The minimum absolute atomic E-state index is 0.194. The molecule has 0 nitrogen and oxygen atoms in total. The van der Waals surface area contributed by atoms with Crippen molar-refractivity contribution in [1.29, 1.82) is 0 Å². The fourth-order valence-electron chi connectivity index (χ4n) is 1.55. The standard InChI is InChI=1S/C13H7F5/c14-10-4-1-8(2-5-10)11-7-9(13(16,17)18)3-6-12(11)15/h1-7H. The van der Waals surface area contributed by atoms with Gasteiger partial charge in [0.25, 0.3) is 0 Å². The highest BCUT2D eigenvalue weighted by atomic mass is 19.4. The van der Waals surface area contributed by atoms with Gasteiger partial charge in [-0.05, 0) is 35.9 Å². The smallest absolute Gasteiger partial charge is 0.207 e. The molecule has 94 valence electrons. The molecule has 5 heteroatoms. The minimum atomic E-state index is -4.54. The maximum absolute atomic E-state index is 13.5. The Bertz CT molecular complexity index is 555. The Labute approximate surface area is 99.7 Å². The van der Waals surface area contributed by atoms with Crippen LogP contribution < -0.4 is 0 Å². The van der Waals surface area contributed by atoms with Gasteiger partial charge in [0, 0.05) is 5.56 Å². The largest absolute Gasteiger partial charge is 0.416 e. The summed E-state index contributed by atoms with van der Waals surface area (Å²) in [6, 6.07) is 6.72. The van der Waals surface area contributed by atoms with Crippen molar-refractivity contribution in [3.8, 4) is 11.1 Å². The molecule has 0 radical (unpaired) electrons. The van der Waals surface area contributed by atoms with Crippen molar-refractivity contribution in [1.82, 2.24) is 0 Å². The zero-order chi connectivity index (χ0) is 13.3. The number of rotatable bonds is 1. The third kappa shape index (κ3) is 2.50. The highest BCUT2D eigenvalue weighted by molar-refractivity contribution is 5.65. The summed E-state index contributed by atoms with van der Waals surface area (Å²) in [6.07, 6.45) is -4.54. The number of alkyl halides is 3. The van der Waals surface area contributed by atoms with E-state index >= 15 is 0 Å². The van der Waals surface area contributed by atoms with Gasteiger partial charge in [-0.15, -0.1) is 0 Å². The predicted octanol–water partition coefficient (Wildman–Crippen LogP) is 4.65. The van der Waals surface area contributed by atoms with Crippen molar-refractivity contribution < 1.29 is 22.0 Å². The van der Waals surface area contributed by atoms with Crippen molar-refractivity contribution in [3.05, 3.63) is 59.7 Å². The van der Waals surface area contributed by atoms with E-state index in [0.29, 0.717) is 12.1 Å². The maximum atomic E-state index is 13.5. The molecule has 2 rings (SSSR count). The van der Waals surface area contributed by atoms with E-state index in [0.717, 1.165) is 18.2 Å². The highest BCUT2D eigenvalue weighted by Crippen LogP contribution is 2.33. The van der Waals surface area contributed by atoms with Crippen LogP contribution in [-0.2, 0) is 6.18 Å². The Morgan fingerprint density at radius 2 is 1.39 bits per heavy atom. The Kier molecular flexibility index (Phi) is 3.07. The molecule has 0 unspecified atom stereocenters. The van der Waals surface area contributed by atoms with E-state index < -0.39 is 23.4 Å². The van der Waals surface area contributed by atoms with E-state index in [1.807, 2.05) is 0 Å². The maximum Gasteiger partial charge on any atom is 0.416 e. The van der Waals surface area contributed by atoms with Crippen LogP contribution in [0.15, 0.2) is 42.5 Å². The molecule has 0 aliphatic heterocycles. The summed E-state index contributed by atoms with van der Waals surface area (Å²) >= 11 is 0. The molecule has 0 saturated heterocycles. The van der Waals surface area contributed by atoms with Gasteiger partial charge in [-0.2, -0.15) is 13.2 Å². The molecule has 0 amide bonds. The first kappa shape index (κ1) is 12.5. The van der Waals surface area contributed by atoms with Crippen molar-refractivity contribution in [3.63, 3.8) is 0 Å². The average molecular weight is 258 g/mol. The lowest BCUT2D eigenvalue weighted by atomic mass is 10.0. The van der Waals surface area contributed by atoms with E-state index in [-0.39, 0.29) is 11.1 Å². The van der Waals surface area contributed by atoms with Crippen LogP contribution in [0.4, 0.5) is 22.0 Å². The SMILES string of the molecule is Fc1ccc(-c2cc(C(F)(F)F)ccc2F)cc1. The number of hydrogen-bond donors (Lipinski definition) is 0. The number of halogens is 5. The van der Waals surface area contributed by atoms with Crippen LogP contribution >= 0.6 is 0 Å². The molecule has 0 fully saturated rings. The molecule has 0 N–H and O–H groups in total. The number of benzene rings is 2. The molecule has 0 aliphatic carbocycles. The van der Waals surface area contributed by atoms with Crippen LogP contribution in [0.5, 0.6) is 0 Å². The van der Waals surface area contributed by atoms with E-state index in [1.165, 1.54) is 12.1 Å². The average Bonchev–Trinajstić information content (AvgIpc) is 2.29. The van der Waals surface area contributed by atoms with Crippen LogP contribution in [0.3, 0.4) is 0 Å². The molecule has 2 aromatic rings. The predicted molar refractivity (Wildman–Crippen MR) is 56.8 cm³/mol. The van der Waals surface area contributed by atoms with Gasteiger partial charge >= 0.3 is 6.18 Å². The van der Waals surface area contributed by atoms with Crippen molar-refractivity contribution in [2.75, 3.05) is 0 Å². The summed E-state index contributed by atoms with van der Waals surface area (Å²) in [7, 11) is 0. The Morgan fingerprint density at radius 3 is 1.94 bits per heavy atom. The van der Waals surface area contributed by atoms with Crippen molar-refractivity contribution in [2.45, 2.75) is 6.18 Å². The molecule has 0 heterocycles. The Morgan fingerprint density at radius 1 is 0.778 bits per heavy atom. The molecule has 0 spiro atoms. The summed E-state index contributed by atoms with van der Waals surface area (Å²) in [6.45, 7) is 0. The van der Waals surface area contributed by atoms with Crippen molar-refractivity contribution >= 4 is 0 Å². The van der Waals surface area contributed by atoms with E-state index in [1.54, 1.807) is 0 Å². The van der Waals surface area contributed by atoms with Gasteiger partial charge in [-0.1, -0.05) is 12.1 Å². The van der Waals surface area contributed by atoms with E-state index in [2.05, 4.69) is 0 Å². The molecule has 0 saturated carbocycles. The summed E-state index contributed by atoms with van der Waals surface area (Å²) < 4.78 is 63.7. The normalized spacial score (nSPS) is 11.6. The fourth-order valence-corrected chi connectivity index (χ4v) is 1.55. The van der Waals surface area contributed by atoms with Crippen LogP contribution in [0, 0.1) is 11.6 Å². The first-order valence-corrected chi connectivity index (χ1v) is 5.00. The van der Waals surface area contributed by atoms with Gasteiger partial charge < -0.3 is 0 Å². The van der Waals surface area contributed by atoms with Gasteiger partial charge in [-0.3, -0.25) is 0 Å². The van der Waals surface area contributed by atoms with Crippen molar-refractivity contribution in [2.24, 2.45) is 0 Å². The summed E-state index contributed by atoms with van der Waals surface area (Å²) in [5, 5.41) is 0. The minimum Gasteiger partial charge on any atom is -0.207 e. The van der Waals surface area contributed by atoms with Gasteiger partial charge in [0.1, 0.15) is 11.6 Å². The zero-order valence-electron chi connectivity index (χ0n) is 8.93. The molecule has 18 heavy (non-hydrogen) atoms. The molecule has 0 aromatic heterocycles. The van der Waals surface area contributed by atoms with Gasteiger partial charge in [-0.25, -0.2) is 8.78 Å². The third-order valence-electron chi connectivity index (χ3n) is 2.45. The summed E-state index contributed by atoms with van der Waals surface area (Å²) in [4.78, 5) is 0. The molecule has 0 bridgehead atoms. The second kappa shape index (κ2) is 4.40. The molecule has 0 aliphatic rings. The Balaban J connectivity index is 2.53. The Hall–Kier alpha value is -1.91. The lowest BCUT2D eigenvalue weighted by Crippen LogP contribution is -2.05. The monoisotopic (exact) mass is 258 g/mol. The molecular weight excluding hydrogens is 251 g/mol. The second-order valence-corrected chi connectivity index (χ2v) is 3.70. The third-order valence-corrected chi connectivity index (χ3v) is 2.45. The lowest BCUT2D eigenvalue weighted by molar-refractivity contribution is -0.137. The molecule has 2 aromatic carbocycles. The van der Waals surface area contributed by atoms with Crippen LogP contribution in [0.25, 0.3) is 11.1 Å². The zero-order valence-corrected chi connectivity index (χ0v) is 8.93. The fraction of sp³-hybridized carbons (Fsp3) is 0.0769. The summed E-state index contributed by atoms with van der Waals surface area (Å²) in [5.74, 6) is -1.32. The first-order valence-electron chi connectivity index (χ1n) is 5.00. The van der Waals surface area contributed by atoms with Crippen LogP contribution in [-0.4, -0.2) is 0 Å². The summed E-state index contributed by atoms with van der Waals surface area (Å²) in [5.41, 5.74) is -0.951. The number of hydrogen-bond acceptors (Lipinski definition) is 0. The lowest BCUT2D eigenvalue weighted by Gasteiger charge is -2.10. The topological polar surface area (TPSA) is 0 Å².